The molecule has 4 aromatic rings. The number of para-hydroxylation sites is 1. The zero-order valence-electron chi connectivity index (χ0n) is 16.5. The Hall–Kier alpha value is -3.03. The van der Waals surface area contributed by atoms with Gasteiger partial charge in [-0.2, -0.15) is 0 Å². The van der Waals surface area contributed by atoms with Gasteiger partial charge in [0.25, 0.3) is 5.91 Å². The molecule has 7 heteroatoms. The molecule has 152 valence electrons. The fourth-order valence-corrected chi connectivity index (χ4v) is 4.79. The van der Waals surface area contributed by atoms with Crippen molar-refractivity contribution in [2.24, 2.45) is 0 Å². The quantitative estimate of drug-likeness (QED) is 0.390. The van der Waals surface area contributed by atoms with E-state index in [1.165, 1.54) is 16.9 Å². The van der Waals surface area contributed by atoms with Crippen LogP contribution in [0.4, 0.5) is 5.69 Å². The Balaban J connectivity index is 1.40. The number of esters is 1. The van der Waals surface area contributed by atoms with Gasteiger partial charge in [-0.15, -0.1) is 22.7 Å². The molecule has 0 aliphatic heterocycles. The molecule has 30 heavy (non-hydrogen) atoms. The number of anilines is 1. The van der Waals surface area contributed by atoms with E-state index in [1.807, 2.05) is 54.6 Å². The summed E-state index contributed by atoms with van der Waals surface area (Å²) in [6.45, 7) is 3.64. The Bertz CT molecular complexity index is 1160. The van der Waals surface area contributed by atoms with Crippen LogP contribution in [0.1, 0.15) is 29.1 Å². The zero-order valence-corrected chi connectivity index (χ0v) is 18.2. The van der Waals surface area contributed by atoms with Crippen molar-refractivity contribution in [1.29, 1.82) is 0 Å². The molecule has 5 nitrogen and oxygen atoms in total. The van der Waals surface area contributed by atoms with Crippen LogP contribution < -0.4 is 5.32 Å². The van der Waals surface area contributed by atoms with Gasteiger partial charge in [0, 0.05) is 5.69 Å². The van der Waals surface area contributed by atoms with Crippen LogP contribution in [-0.4, -0.2) is 23.0 Å². The molecule has 0 aliphatic rings. The van der Waals surface area contributed by atoms with Crippen molar-refractivity contribution in [3.8, 4) is 9.88 Å². The third kappa shape index (κ3) is 4.42. The first-order chi connectivity index (χ1) is 14.5. The first-order valence-electron chi connectivity index (χ1n) is 9.60. The molecule has 0 saturated carbocycles. The lowest BCUT2D eigenvalue weighted by atomic mass is 10.1. The van der Waals surface area contributed by atoms with Gasteiger partial charge in [-0.25, -0.2) is 9.78 Å². The minimum Gasteiger partial charge on any atom is -0.448 e. The highest BCUT2D eigenvalue weighted by Crippen LogP contribution is 2.34. The number of nitrogens with one attached hydrogen (secondary N) is 1. The number of carbonyl (C=O) groups is 2. The summed E-state index contributed by atoms with van der Waals surface area (Å²) in [5.41, 5.74) is 2.80. The molecule has 0 fully saturated rings. The van der Waals surface area contributed by atoms with Gasteiger partial charge in [0.15, 0.2) is 6.10 Å². The number of nitrogens with zero attached hydrogens (tertiary/aromatic N) is 1. The molecule has 2 aromatic heterocycles. The standard InChI is InChI=1S/C23H20N2O3S2/c1-3-15-8-10-16(11-9-15)24-21(26)14(2)28-23(27)20-13-12-19(29-20)22-25-17-6-4-5-7-18(17)30-22/h4-14H,3H2,1-2H3,(H,24,26)/t14-/m1/s1. The predicted octanol–water partition coefficient (Wildman–Crippen LogP) is 5.77. The maximum atomic E-state index is 12.5. The number of fused-ring (bicyclic) bond motifs is 1. The second-order valence-electron chi connectivity index (χ2n) is 6.74. The van der Waals surface area contributed by atoms with Crippen LogP contribution in [0.3, 0.4) is 0 Å². The van der Waals surface area contributed by atoms with E-state index in [9.17, 15) is 9.59 Å². The number of benzene rings is 2. The van der Waals surface area contributed by atoms with Crippen LogP contribution in [0, 0.1) is 0 Å². The molecule has 0 spiro atoms. The lowest BCUT2D eigenvalue weighted by Gasteiger charge is -2.13. The molecule has 0 saturated heterocycles. The van der Waals surface area contributed by atoms with Gasteiger partial charge >= 0.3 is 5.97 Å². The maximum Gasteiger partial charge on any atom is 0.349 e. The molecule has 0 bridgehead atoms. The average Bonchev–Trinajstić information content (AvgIpc) is 3.41. The minimum atomic E-state index is -0.906. The summed E-state index contributed by atoms with van der Waals surface area (Å²) >= 11 is 2.89. The Morgan fingerprint density at radius 3 is 2.53 bits per heavy atom. The summed E-state index contributed by atoms with van der Waals surface area (Å²) in [5.74, 6) is -0.883. The highest BCUT2D eigenvalue weighted by molar-refractivity contribution is 7.26. The van der Waals surface area contributed by atoms with E-state index in [1.54, 1.807) is 24.3 Å². The van der Waals surface area contributed by atoms with E-state index < -0.39 is 12.1 Å². The molecule has 0 radical (unpaired) electrons. The smallest absolute Gasteiger partial charge is 0.349 e. The van der Waals surface area contributed by atoms with Gasteiger partial charge in [-0.3, -0.25) is 4.79 Å². The largest absolute Gasteiger partial charge is 0.448 e. The van der Waals surface area contributed by atoms with Crippen LogP contribution in [0.5, 0.6) is 0 Å². The van der Waals surface area contributed by atoms with Gasteiger partial charge in [0.2, 0.25) is 0 Å². The molecule has 4 rings (SSSR count). The third-order valence-corrected chi connectivity index (χ3v) is 6.87. The molecule has 1 amide bonds. The van der Waals surface area contributed by atoms with Gasteiger partial charge in [0.1, 0.15) is 9.88 Å². The normalized spacial score (nSPS) is 11.9. The SMILES string of the molecule is CCc1ccc(NC(=O)[C@@H](C)OC(=O)c2ccc(-c3nc4ccccc4s3)s2)cc1. The van der Waals surface area contributed by atoms with Crippen LogP contribution in [0.2, 0.25) is 0 Å². The summed E-state index contributed by atoms with van der Waals surface area (Å²) < 4.78 is 6.47. The van der Waals surface area contributed by atoms with Crippen LogP contribution >= 0.6 is 22.7 Å². The molecular formula is C23H20N2O3S2. The number of hydrogen-bond donors (Lipinski definition) is 1. The minimum absolute atomic E-state index is 0.365. The Morgan fingerprint density at radius 2 is 1.80 bits per heavy atom. The molecule has 1 N–H and O–H groups in total. The topological polar surface area (TPSA) is 68.3 Å². The van der Waals surface area contributed by atoms with Crippen molar-refractivity contribution >= 4 is 50.5 Å². The number of rotatable bonds is 6. The highest BCUT2D eigenvalue weighted by atomic mass is 32.1. The fraction of sp³-hybridized carbons (Fsp3) is 0.174. The third-order valence-electron chi connectivity index (χ3n) is 4.59. The van der Waals surface area contributed by atoms with E-state index in [-0.39, 0.29) is 5.91 Å². The summed E-state index contributed by atoms with van der Waals surface area (Å²) in [6.07, 6.45) is 0.0264. The van der Waals surface area contributed by atoms with Crippen molar-refractivity contribution in [2.45, 2.75) is 26.4 Å². The van der Waals surface area contributed by atoms with Gasteiger partial charge in [-0.1, -0.05) is 31.2 Å². The van der Waals surface area contributed by atoms with Crippen LogP contribution in [0.15, 0.2) is 60.7 Å². The summed E-state index contributed by atoms with van der Waals surface area (Å²) in [5, 5.41) is 3.64. The number of thiophene rings is 1. The molecule has 2 heterocycles. The first kappa shape index (κ1) is 20.3. The lowest BCUT2D eigenvalue weighted by Crippen LogP contribution is -2.29. The zero-order chi connectivity index (χ0) is 21.1. The molecule has 2 aromatic carbocycles. The average molecular weight is 437 g/mol. The first-order valence-corrected chi connectivity index (χ1v) is 11.2. The predicted molar refractivity (Wildman–Crippen MR) is 122 cm³/mol. The van der Waals surface area contributed by atoms with E-state index in [0.717, 1.165) is 26.5 Å². The van der Waals surface area contributed by atoms with Gasteiger partial charge in [0.05, 0.1) is 15.1 Å². The number of aryl methyl sites for hydroxylation is 1. The fourth-order valence-electron chi connectivity index (χ4n) is 2.88. The van der Waals surface area contributed by atoms with Crippen molar-refractivity contribution in [1.82, 2.24) is 4.98 Å². The number of ether oxygens (including phenoxy) is 1. The Kier molecular flexibility index (Phi) is 5.92. The number of carbonyl (C=O) groups excluding carboxylic acids is 2. The monoisotopic (exact) mass is 436 g/mol. The summed E-state index contributed by atoms with van der Waals surface area (Å²) in [6, 6.07) is 19.1. The maximum absolute atomic E-state index is 12.5. The summed E-state index contributed by atoms with van der Waals surface area (Å²) in [7, 11) is 0. The summed E-state index contributed by atoms with van der Waals surface area (Å²) in [4.78, 5) is 30.8. The Labute approximate surface area is 182 Å². The van der Waals surface area contributed by atoms with Crippen LogP contribution in [-0.2, 0) is 16.0 Å². The lowest BCUT2D eigenvalue weighted by molar-refractivity contribution is -0.123. The second-order valence-corrected chi connectivity index (χ2v) is 8.85. The number of thiazole rings is 1. The second kappa shape index (κ2) is 8.77. The molecule has 0 unspecified atom stereocenters. The van der Waals surface area contributed by atoms with Gasteiger partial charge < -0.3 is 10.1 Å². The van der Waals surface area contributed by atoms with Crippen molar-refractivity contribution in [3.63, 3.8) is 0 Å². The van der Waals surface area contributed by atoms with Crippen LogP contribution in [0.25, 0.3) is 20.1 Å². The van der Waals surface area contributed by atoms with E-state index in [0.29, 0.717) is 10.6 Å². The van der Waals surface area contributed by atoms with E-state index in [4.69, 9.17) is 4.74 Å². The number of amides is 1. The number of hydrogen-bond acceptors (Lipinski definition) is 6. The molecule has 1 atom stereocenters. The van der Waals surface area contributed by atoms with Gasteiger partial charge in [-0.05, 0) is 55.3 Å². The highest BCUT2D eigenvalue weighted by Gasteiger charge is 2.21. The van der Waals surface area contributed by atoms with Crippen molar-refractivity contribution < 1.29 is 14.3 Å². The molecular weight excluding hydrogens is 416 g/mol. The van der Waals surface area contributed by atoms with Crippen molar-refractivity contribution in [2.75, 3.05) is 5.32 Å². The molecule has 0 aliphatic carbocycles. The van der Waals surface area contributed by atoms with E-state index >= 15 is 0 Å². The Morgan fingerprint density at radius 1 is 1.03 bits per heavy atom. The van der Waals surface area contributed by atoms with E-state index in [2.05, 4.69) is 17.2 Å². The van der Waals surface area contributed by atoms with Crippen molar-refractivity contribution in [3.05, 3.63) is 71.1 Å². The number of aromatic nitrogens is 1.